The van der Waals surface area contributed by atoms with Crippen molar-refractivity contribution in [3.63, 3.8) is 0 Å². The number of hydrogen-bond acceptors (Lipinski definition) is 4. The first kappa shape index (κ1) is 21.6. The maximum Gasteiger partial charge on any atom is 0.312 e. The third kappa shape index (κ3) is 9.36. The fourth-order valence-corrected chi connectivity index (χ4v) is 2.44. The molecule has 0 aliphatic heterocycles. The summed E-state index contributed by atoms with van der Waals surface area (Å²) in [5.74, 6) is -0.927. The molecule has 4 amide bonds. The van der Waals surface area contributed by atoms with Crippen LogP contribution in [-0.4, -0.2) is 46.7 Å². The Kier molecular flexibility index (Phi) is 10.5. The minimum Gasteiger partial charge on any atom is -0.352 e. The summed E-state index contributed by atoms with van der Waals surface area (Å²) in [7, 11) is 0. The second-order valence-electron chi connectivity index (χ2n) is 5.41. The first-order valence-corrected chi connectivity index (χ1v) is 8.88. The Morgan fingerprint density at radius 3 is 2.17 bits per heavy atom. The summed E-state index contributed by atoms with van der Waals surface area (Å²) in [5.41, 5.74) is 4.96. The molecule has 0 saturated heterocycles. The van der Waals surface area contributed by atoms with Crippen LogP contribution in [0.15, 0.2) is 0 Å². The topological polar surface area (TPSA) is 130 Å². The number of Topliss-reactive ketones (excluding diaryl/α,β-unsaturated/α-hetero) is 1. The number of nitrogens with two attached hydrogens (primary N) is 1. The maximum atomic E-state index is 12.4. The van der Waals surface area contributed by atoms with E-state index < -0.39 is 18.1 Å². The molecule has 0 aromatic rings. The Bertz CT molecular complexity index is 444. The molecular formula is C14H25IN4O4. The Balaban J connectivity index is 4.69. The summed E-state index contributed by atoms with van der Waals surface area (Å²) in [6.45, 7) is 4.92. The zero-order valence-electron chi connectivity index (χ0n) is 13.6. The van der Waals surface area contributed by atoms with Crippen LogP contribution < -0.4 is 21.7 Å². The SMILES string of the molecule is CC(=O)N[C@H](C(=O)N[C@@H](CCCNC(N)=O)C(C)=O)C(C)CI. The average molecular weight is 440 g/mol. The van der Waals surface area contributed by atoms with Crippen molar-refractivity contribution in [3.05, 3.63) is 0 Å². The molecule has 132 valence electrons. The van der Waals surface area contributed by atoms with E-state index in [0.717, 1.165) is 0 Å². The van der Waals surface area contributed by atoms with E-state index in [2.05, 4.69) is 38.5 Å². The minimum absolute atomic E-state index is 0.0661. The summed E-state index contributed by atoms with van der Waals surface area (Å²) in [6, 6.07) is -1.97. The van der Waals surface area contributed by atoms with Gasteiger partial charge in [-0.15, -0.1) is 0 Å². The summed E-state index contributed by atoms with van der Waals surface area (Å²) in [6.07, 6.45) is 0.882. The number of amides is 4. The van der Waals surface area contributed by atoms with Gasteiger partial charge in [0.05, 0.1) is 6.04 Å². The summed E-state index contributed by atoms with van der Waals surface area (Å²) in [5, 5.41) is 7.72. The Morgan fingerprint density at radius 2 is 1.74 bits per heavy atom. The highest BCUT2D eigenvalue weighted by atomic mass is 127. The summed E-state index contributed by atoms with van der Waals surface area (Å²) >= 11 is 2.14. The average Bonchev–Trinajstić information content (AvgIpc) is 2.46. The first-order valence-electron chi connectivity index (χ1n) is 7.36. The van der Waals surface area contributed by atoms with Crippen molar-refractivity contribution in [1.82, 2.24) is 16.0 Å². The Hall–Kier alpha value is -1.39. The van der Waals surface area contributed by atoms with Gasteiger partial charge in [-0.2, -0.15) is 0 Å². The standard InChI is InChI=1S/C14H25IN4O4/c1-8(7-15)12(18-10(3)21)13(22)19-11(9(2)20)5-4-6-17-14(16)23/h8,11-12H,4-7H2,1-3H3,(H,18,21)(H,19,22)(H3,16,17,23)/t8?,11-,12-/m0/s1. The van der Waals surface area contributed by atoms with Crippen molar-refractivity contribution in [2.45, 2.75) is 45.7 Å². The lowest BCUT2D eigenvalue weighted by atomic mass is 10.0. The van der Waals surface area contributed by atoms with Gasteiger partial charge in [0.15, 0.2) is 5.78 Å². The molecule has 0 aromatic heterocycles. The molecule has 1 unspecified atom stereocenters. The van der Waals surface area contributed by atoms with Gasteiger partial charge >= 0.3 is 6.03 Å². The van der Waals surface area contributed by atoms with Crippen LogP contribution in [0.5, 0.6) is 0 Å². The molecular weight excluding hydrogens is 415 g/mol. The van der Waals surface area contributed by atoms with E-state index in [4.69, 9.17) is 5.73 Å². The predicted molar refractivity (Wildman–Crippen MR) is 95.1 cm³/mol. The van der Waals surface area contributed by atoms with Crippen molar-refractivity contribution in [1.29, 1.82) is 0 Å². The molecule has 0 aliphatic rings. The number of carbonyl (C=O) groups is 4. The fourth-order valence-electron chi connectivity index (χ4n) is 1.93. The molecule has 3 atom stereocenters. The molecule has 0 radical (unpaired) electrons. The molecule has 0 saturated carbocycles. The number of rotatable bonds is 10. The zero-order chi connectivity index (χ0) is 18.0. The second kappa shape index (κ2) is 11.2. The van der Waals surface area contributed by atoms with Gasteiger partial charge in [-0.25, -0.2) is 4.79 Å². The maximum absolute atomic E-state index is 12.4. The number of alkyl halides is 1. The largest absolute Gasteiger partial charge is 0.352 e. The van der Waals surface area contributed by atoms with Crippen LogP contribution in [0.1, 0.15) is 33.6 Å². The monoisotopic (exact) mass is 440 g/mol. The highest BCUT2D eigenvalue weighted by Gasteiger charge is 2.28. The molecule has 0 aliphatic carbocycles. The number of urea groups is 1. The number of halogens is 1. The van der Waals surface area contributed by atoms with E-state index in [-0.39, 0.29) is 23.5 Å². The molecule has 0 rings (SSSR count). The van der Waals surface area contributed by atoms with Gasteiger partial charge in [-0.1, -0.05) is 29.5 Å². The molecule has 8 nitrogen and oxygen atoms in total. The van der Waals surface area contributed by atoms with Crippen LogP contribution in [0.3, 0.4) is 0 Å². The smallest absolute Gasteiger partial charge is 0.312 e. The van der Waals surface area contributed by atoms with Crippen LogP contribution in [0.2, 0.25) is 0 Å². The van der Waals surface area contributed by atoms with Crippen molar-refractivity contribution in [2.24, 2.45) is 11.7 Å². The number of hydrogen-bond donors (Lipinski definition) is 4. The van der Waals surface area contributed by atoms with E-state index in [0.29, 0.717) is 23.8 Å². The van der Waals surface area contributed by atoms with E-state index in [1.807, 2.05) is 6.92 Å². The third-order valence-electron chi connectivity index (χ3n) is 3.23. The van der Waals surface area contributed by atoms with Gasteiger partial charge in [0, 0.05) is 17.9 Å². The highest BCUT2D eigenvalue weighted by molar-refractivity contribution is 14.1. The molecule has 5 N–H and O–H groups in total. The molecule has 0 fully saturated rings. The van der Waals surface area contributed by atoms with Crippen LogP contribution in [0.4, 0.5) is 4.79 Å². The number of ketones is 1. The normalized spacial score (nSPS) is 14.3. The summed E-state index contributed by atoms with van der Waals surface area (Å²) in [4.78, 5) is 45.9. The quantitative estimate of drug-likeness (QED) is 0.218. The third-order valence-corrected chi connectivity index (χ3v) is 4.62. The van der Waals surface area contributed by atoms with Crippen LogP contribution in [-0.2, 0) is 14.4 Å². The number of nitrogens with one attached hydrogen (secondary N) is 3. The van der Waals surface area contributed by atoms with Crippen molar-refractivity contribution in [2.75, 3.05) is 11.0 Å². The number of primary amides is 1. The van der Waals surface area contributed by atoms with E-state index in [1.54, 1.807) is 0 Å². The van der Waals surface area contributed by atoms with Gasteiger partial charge in [0.1, 0.15) is 6.04 Å². The minimum atomic E-state index is -0.685. The lowest BCUT2D eigenvalue weighted by Gasteiger charge is -2.25. The molecule has 0 aromatic carbocycles. The fraction of sp³-hybridized carbons (Fsp3) is 0.714. The van der Waals surface area contributed by atoms with Gasteiger partial charge < -0.3 is 21.7 Å². The molecule has 9 heteroatoms. The Labute approximate surface area is 149 Å². The first-order chi connectivity index (χ1) is 10.7. The molecule has 0 spiro atoms. The van der Waals surface area contributed by atoms with Crippen molar-refractivity contribution >= 4 is 46.2 Å². The van der Waals surface area contributed by atoms with Gasteiger partial charge in [0.25, 0.3) is 0 Å². The van der Waals surface area contributed by atoms with E-state index >= 15 is 0 Å². The van der Waals surface area contributed by atoms with Crippen LogP contribution in [0, 0.1) is 5.92 Å². The lowest BCUT2D eigenvalue weighted by molar-refractivity contribution is -0.131. The van der Waals surface area contributed by atoms with Gasteiger partial charge in [-0.05, 0) is 25.7 Å². The number of carbonyl (C=O) groups excluding carboxylic acids is 4. The van der Waals surface area contributed by atoms with Crippen molar-refractivity contribution < 1.29 is 19.2 Å². The summed E-state index contributed by atoms with van der Waals surface area (Å²) < 4.78 is 0.684. The van der Waals surface area contributed by atoms with Gasteiger partial charge in [-0.3, -0.25) is 14.4 Å². The van der Waals surface area contributed by atoms with Crippen LogP contribution in [0.25, 0.3) is 0 Å². The zero-order valence-corrected chi connectivity index (χ0v) is 15.8. The van der Waals surface area contributed by atoms with E-state index in [9.17, 15) is 19.2 Å². The van der Waals surface area contributed by atoms with E-state index in [1.165, 1.54) is 13.8 Å². The molecule has 0 bridgehead atoms. The highest BCUT2D eigenvalue weighted by Crippen LogP contribution is 2.09. The lowest BCUT2D eigenvalue weighted by Crippen LogP contribution is -2.53. The van der Waals surface area contributed by atoms with Crippen LogP contribution >= 0.6 is 22.6 Å². The Morgan fingerprint density at radius 1 is 1.13 bits per heavy atom. The molecule has 23 heavy (non-hydrogen) atoms. The molecule has 0 heterocycles. The second-order valence-corrected chi connectivity index (χ2v) is 6.30. The van der Waals surface area contributed by atoms with Gasteiger partial charge in [0.2, 0.25) is 11.8 Å². The van der Waals surface area contributed by atoms with Crippen molar-refractivity contribution in [3.8, 4) is 0 Å². The predicted octanol–water partition coefficient (Wildman–Crippen LogP) is 0.0845.